The third kappa shape index (κ3) is 1.43. The zero-order valence-electron chi connectivity index (χ0n) is 5.64. The number of primary amides is 1. The quantitative estimate of drug-likeness (QED) is 0.582. The molecule has 0 aromatic rings. The lowest BCUT2D eigenvalue weighted by molar-refractivity contribution is -0.124. The summed E-state index contributed by atoms with van der Waals surface area (Å²) < 4.78 is 0. The lowest BCUT2D eigenvalue weighted by Gasteiger charge is -2.12. The summed E-state index contributed by atoms with van der Waals surface area (Å²) in [7, 11) is 0. The number of hydrogen-bond donors (Lipinski definition) is 1. The van der Waals surface area contributed by atoms with Gasteiger partial charge in [0, 0.05) is 0 Å². The molecule has 0 aliphatic heterocycles. The number of carbonyl (C=O) groups is 1. The Hall–Kier alpha value is -1.04. The first-order chi connectivity index (χ1) is 4.06. The van der Waals surface area contributed by atoms with Crippen molar-refractivity contribution in [3.63, 3.8) is 0 Å². The summed E-state index contributed by atoms with van der Waals surface area (Å²) in [5.74, 6) is -0.549. The van der Waals surface area contributed by atoms with Gasteiger partial charge in [0.25, 0.3) is 0 Å². The van der Waals surface area contributed by atoms with Crippen molar-refractivity contribution in [2.24, 2.45) is 11.1 Å². The van der Waals surface area contributed by atoms with Gasteiger partial charge in [0.2, 0.25) is 5.91 Å². The highest BCUT2D eigenvalue weighted by Crippen LogP contribution is 2.17. The first-order valence-corrected chi connectivity index (χ1v) is 2.78. The molecule has 0 saturated heterocycles. The summed E-state index contributed by atoms with van der Waals surface area (Å²) in [4.78, 5) is 10.5. The maximum atomic E-state index is 10.5. The molecule has 0 aromatic carbocycles. The topological polar surface area (TPSA) is 66.9 Å². The van der Waals surface area contributed by atoms with Crippen LogP contribution in [0, 0.1) is 16.7 Å². The van der Waals surface area contributed by atoms with E-state index in [0.29, 0.717) is 6.42 Å². The molecule has 9 heavy (non-hydrogen) atoms. The Bertz CT molecular complexity index is 159. The zero-order valence-corrected chi connectivity index (χ0v) is 5.64. The molecule has 0 spiro atoms. The van der Waals surface area contributed by atoms with Crippen molar-refractivity contribution in [1.82, 2.24) is 0 Å². The molecular weight excluding hydrogens is 116 g/mol. The fourth-order valence-corrected chi connectivity index (χ4v) is 0.308. The standard InChI is InChI=1S/C6H10N2O/c1-3-6(2,4-7)5(8)9/h3H2,1-2H3,(H2,8,9). The smallest absolute Gasteiger partial charge is 0.237 e. The fraction of sp³-hybridized carbons (Fsp3) is 0.667. The van der Waals surface area contributed by atoms with Crippen LogP contribution in [0.3, 0.4) is 0 Å². The molecule has 0 aromatic heterocycles. The minimum Gasteiger partial charge on any atom is -0.368 e. The second-order valence-corrected chi connectivity index (χ2v) is 2.16. The maximum absolute atomic E-state index is 10.5. The normalized spacial score (nSPS) is 15.7. The highest BCUT2D eigenvalue weighted by molar-refractivity contribution is 5.83. The Morgan fingerprint density at radius 1 is 1.89 bits per heavy atom. The highest BCUT2D eigenvalue weighted by atomic mass is 16.1. The molecule has 1 unspecified atom stereocenters. The fourth-order valence-electron chi connectivity index (χ4n) is 0.308. The SMILES string of the molecule is CCC(C)(C#N)C(N)=O. The number of rotatable bonds is 2. The van der Waals surface area contributed by atoms with Gasteiger partial charge in [0.15, 0.2) is 0 Å². The van der Waals surface area contributed by atoms with Gasteiger partial charge in [-0.2, -0.15) is 5.26 Å². The number of nitrogens with zero attached hydrogens (tertiary/aromatic N) is 1. The van der Waals surface area contributed by atoms with Crippen LogP contribution in [0.15, 0.2) is 0 Å². The van der Waals surface area contributed by atoms with Gasteiger partial charge >= 0.3 is 0 Å². The number of carbonyl (C=O) groups excluding carboxylic acids is 1. The van der Waals surface area contributed by atoms with Crippen molar-refractivity contribution in [3.8, 4) is 6.07 Å². The molecule has 1 amide bonds. The van der Waals surface area contributed by atoms with E-state index in [-0.39, 0.29) is 0 Å². The van der Waals surface area contributed by atoms with E-state index in [2.05, 4.69) is 0 Å². The third-order valence-electron chi connectivity index (χ3n) is 1.50. The van der Waals surface area contributed by atoms with Crippen LogP contribution in [0.4, 0.5) is 0 Å². The van der Waals surface area contributed by atoms with Gasteiger partial charge in [-0.1, -0.05) is 6.92 Å². The summed E-state index contributed by atoms with van der Waals surface area (Å²) in [5.41, 5.74) is 3.96. The Kier molecular flexibility index (Phi) is 2.20. The van der Waals surface area contributed by atoms with Crippen LogP contribution in [0.5, 0.6) is 0 Å². The average Bonchev–Trinajstić information content (AvgIpc) is 1.86. The van der Waals surface area contributed by atoms with Crippen LogP contribution in [0.25, 0.3) is 0 Å². The molecule has 0 rings (SSSR count). The van der Waals surface area contributed by atoms with Gasteiger partial charge in [0.05, 0.1) is 6.07 Å². The molecule has 0 saturated carbocycles. The molecule has 3 nitrogen and oxygen atoms in total. The Morgan fingerprint density at radius 2 is 2.33 bits per heavy atom. The van der Waals surface area contributed by atoms with Crippen LogP contribution < -0.4 is 5.73 Å². The average molecular weight is 126 g/mol. The van der Waals surface area contributed by atoms with Gasteiger partial charge < -0.3 is 5.73 Å². The molecular formula is C6H10N2O. The molecule has 0 bridgehead atoms. The summed E-state index contributed by atoms with van der Waals surface area (Å²) in [6, 6.07) is 1.85. The molecule has 1 atom stereocenters. The maximum Gasteiger partial charge on any atom is 0.237 e. The van der Waals surface area contributed by atoms with E-state index >= 15 is 0 Å². The number of hydrogen-bond acceptors (Lipinski definition) is 2. The lowest BCUT2D eigenvalue weighted by Crippen LogP contribution is -2.32. The van der Waals surface area contributed by atoms with Crippen molar-refractivity contribution >= 4 is 5.91 Å². The van der Waals surface area contributed by atoms with Crippen molar-refractivity contribution < 1.29 is 4.79 Å². The lowest BCUT2D eigenvalue weighted by atomic mass is 9.89. The van der Waals surface area contributed by atoms with E-state index in [4.69, 9.17) is 11.0 Å². The summed E-state index contributed by atoms with van der Waals surface area (Å²) >= 11 is 0. The van der Waals surface area contributed by atoms with Gasteiger partial charge in [-0.3, -0.25) is 4.79 Å². The van der Waals surface area contributed by atoms with Crippen LogP contribution in [-0.4, -0.2) is 5.91 Å². The summed E-state index contributed by atoms with van der Waals surface area (Å²) in [5, 5.41) is 8.40. The predicted octanol–water partition coefficient (Wildman–Crippen LogP) is 0.412. The third-order valence-corrected chi connectivity index (χ3v) is 1.50. The van der Waals surface area contributed by atoms with E-state index in [9.17, 15) is 4.79 Å². The minimum atomic E-state index is -0.972. The van der Waals surface area contributed by atoms with E-state index < -0.39 is 11.3 Å². The minimum absolute atomic E-state index is 0.471. The van der Waals surface area contributed by atoms with E-state index in [1.807, 2.05) is 6.07 Å². The second-order valence-electron chi connectivity index (χ2n) is 2.16. The van der Waals surface area contributed by atoms with Crippen molar-refractivity contribution in [2.75, 3.05) is 0 Å². The molecule has 0 heterocycles. The van der Waals surface area contributed by atoms with Gasteiger partial charge in [-0.25, -0.2) is 0 Å². The number of nitriles is 1. The monoisotopic (exact) mass is 126 g/mol. The van der Waals surface area contributed by atoms with E-state index in [1.54, 1.807) is 6.92 Å². The Balaban J connectivity index is 4.33. The summed E-state index contributed by atoms with van der Waals surface area (Å²) in [6.07, 6.45) is 0.471. The summed E-state index contributed by atoms with van der Waals surface area (Å²) in [6.45, 7) is 3.29. The van der Waals surface area contributed by atoms with Gasteiger partial charge in [0.1, 0.15) is 5.41 Å². The molecule has 2 N–H and O–H groups in total. The largest absolute Gasteiger partial charge is 0.368 e. The first-order valence-electron chi connectivity index (χ1n) is 2.78. The van der Waals surface area contributed by atoms with Gasteiger partial charge in [-0.05, 0) is 13.3 Å². The first kappa shape index (κ1) is 7.96. The zero-order chi connectivity index (χ0) is 7.49. The Morgan fingerprint density at radius 3 is 2.33 bits per heavy atom. The molecule has 0 fully saturated rings. The number of amides is 1. The van der Waals surface area contributed by atoms with Gasteiger partial charge in [-0.15, -0.1) is 0 Å². The van der Waals surface area contributed by atoms with Crippen molar-refractivity contribution in [3.05, 3.63) is 0 Å². The highest BCUT2D eigenvalue weighted by Gasteiger charge is 2.27. The molecule has 0 aliphatic rings. The predicted molar refractivity (Wildman–Crippen MR) is 33.2 cm³/mol. The molecule has 0 radical (unpaired) electrons. The molecule has 3 heteroatoms. The van der Waals surface area contributed by atoms with Crippen molar-refractivity contribution in [2.45, 2.75) is 20.3 Å². The second kappa shape index (κ2) is 2.49. The van der Waals surface area contributed by atoms with E-state index in [1.165, 1.54) is 6.92 Å². The van der Waals surface area contributed by atoms with Crippen LogP contribution in [-0.2, 0) is 4.79 Å². The Labute approximate surface area is 54.5 Å². The molecule has 0 aliphatic carbocycles. The van der Waals surface area contributed by atoms with Crippen LogP contribution in [0.2, 0.25) is 0 Å². The van der Waals surface area contributed by atoms with Crippen molar-refractivity contribution in [1.29, 1.82) is 5.26 Å². The molecule has 50 valence electrons. The van der Waals surface area contributed by atoms with Crippen LogP contribution in [0.1, 0.15) is 20.3 Å². The van der Waals surface area contributed by atoms with Crippen LogP contribution >= 0.6 is 0 Å². The number of nitrogens with two attached hydrogens (primary N) is 1. The van der Waals surface area contributed by atoms with E-state index in [0.717, 1.165) is 0 Å².